The highest BCUT2D eigenvalue weighted by molar-refractivity contribution is 5.42. The van der Waals surface area contributed by atoms with Crippen molar-refractivity contribution in [1.29, 1.82) is 5.26 Å². The van der Waals surface area contributed by atoms with E-state index < -0.39 is 5.60 Å². The molecule has 1 atom stereocenters. The van der Waals surface area contributed by atoms with E-state index in [2.05, 4.69) is 6.92 Å². The molecule has 0 radical (unpaired) electrons. The SMILES string of the molecule is CCCCCCc1ccc([C@](O)(C#N)c2ccccc2)cc1. The Bertz CT molecular complexity index is 612. The lowest BCUT2D eigenvalue weighted by molar-refractivity contribution is 0.142. The number of nitrogens with zero attached hydrogens (tertiary/aromatic N) is 1. The molecule has 0 aromatic heterocycles. The molecule has 2 nitrogen and oxygen atoms in total. The van der Waals surface area contributed by atoms with Gasteiger partial charge in [0.25, 0.3) is 0 Å². The average Bonchev–Trinajstić information content (AvgIpc) is 2.59. The highest BCUT2D eigenvalue weighted by atomic mass is 16.3. The second-order valence-electron chi connectivity index (χ2n) is 5.70. The number of nitriles is 1. The number of hydrogen-bond acceptors (Lipinski definition) is 2. The van der Waals surface area contributed by atoms with Gasteiger partial charge in [0.05, 0.1) is 0 Å². The summed E-state index contributed by atoms with van der Waals surface area (Å²) in [6.07, 6.45) is 6.01. The molecular formula is C20H23NO. The molecule has 0 spiro atoms. The Morgan fingerprint density at radius 1 is 0.909 bits per heavy atom. The zero-order valence-electron chi connectivity index (χ0n) is 13.1. The van der Waals surface area contributed by atoms with Crippen molar-refractivity contribution in [3.8, 4) is 6.07 Å². The molecule has 0 heterocycles. The molecule has 0 bridgehead atoms. The smallest absolute Gasteiger partial charge is 0.202 e. The first kappa shape index (κ1) is 16.3. The predicted molar refractivity (Wildman–Crippen MR) is 89.3 cm³/mol. The third-order valence-corrected chi connectivity index (χ3v) is 4.04. The van der Waals surface area contributed by atoms with Crippen molar-refractivity contribution < 1.29 is 5.11 Å². The van der Waals surface area contributed by atoms with E-state index in [4.69, 9.17) is 0 Å². The van der Waals surface area contributed by atoms with E-state index >= 15 is 0 Å². The molecule has 0 aliphatic carbocycles. The van der Waals surface area contributed by atoms with Crippen molar-refractivity contribution in [2.75, 3.05) is 0 Å². The molecule has 0 aliphatic heterocycles. The normalized spacial score (nSPS) is 13.3. The van der Waals surface area contributed by atoms with Crippen molar-refractivity contribution in [2.45, 2.75) is 44.6 Å². The summed E-state index contributed by atoms with van der Waals surface area (Å²) < 4.78 is 0. The molecule has 0 aliphatic rings. The first-order valence-electron chi connectivity index (χ1n) is 7.99. The summed E-state index contributed by atoms with van der Waals surface area (Å²) in [4.78, 5) is 0. The Kier molecular flexibility index (Phi) is 5.75. The summed E-state index contributed by atoms with van der Waals surface area (Å²) in [7, 11) is 0. The number of rotatable bonds is 7. The number of aryl methyl sites for hydroxylation is 1. The van der Waals surface area contributed by atoms with Crippen molar-refractivity contribution in [3.05, 3.63) is 71.3 Å². The standard InChI is InChI=1S/C20H23NO/c1-2-3-4-6-9-17-12-14-19(15-13-17)20(22,16-21)18-10-7-5-8-11-18/h5,7-8,10-15,22H,2-4,6,9H2,1H3/t20-/m0/s1. The number of hydrogen-bond donors (Lipinski definition) is 1. The van der Waals surface area contributed by atoms with Crippen LogP contribution in [-0.4, -0.2) is 5.11 Å². The van der Waals surface area contributed by atoms with Gasteiger partial charge in [-0.1, -0.05) is 80.8 Å². The Balaban J connectivity index is 2.13. The molecule has 22 heavy (non-hydrogen) atoms. The zero-order valence-corrected chi connectivity index (χ0v) is 13.1. The molecule has 2 aromatic carbocycles. The van der Waals surface area contributed by atoms with E-state index in [0.29, 0.717) is 11.1 Å². The van der Waals surface area contributed by atoms with Crippen LogP contribution in [0.25, 0.3) is 0 Å². The van der Waals surface area contributed by atoms with Gasteiger partial charge in [0.2, 0.25) is 5.60 Å². The van der Waals surface area contributed by atoms with Crippen LogP contribution in [0.5, 0.6) is 0 Å². The topological polar surface area (TPSA) is 44.0 Å². The van der Waals surface area contributed by atoms with Crippen LogP contribution >= 0.6 is 0 Å². The Morgan fingerprint density at radius 2 is 1.55 bits per heavy atom. The zero-order chi connectivity index (χ0) is 15.8. The summed E-state index contributed by atoms with van der Waals surface area (Å²) in [5, 5.41) is 20.2. The van der Waals surface area contributed by atoms with Gasteiger partial charge in [0.1, 0.15) is 6.07 Å². The van der Waals surface area contributed by atoms with Gasteiger partial charge in [-0.05, 0) is 18.4 Å². The maximum Gasteiger partial charge on any atom is 0.202 e. The van der Waals surface area contributed by atoms with Crippen LogP contribution in [-0.2, 0) is 12.0 Å². The minimum Gasteiger partial charge on any atom is -0.368 e. The third kappa shape index (κ3) is 3.75. The quantitative estimate of drug-likeness (QED) is 0.600. The Labute approximate surface area is 133 Å². The van der Waals surface area contributed by atoms with Crippen LogP contribution < -0.4 is 0 Å². The maximum atomic E-state index is 10.7. The van der Waals surface area contributed by atoms with E-state index in [0.717, 1.165) is 6.42 Å². The fraction of sp³-hybridized carbons (Fsp3) is 0.350. The molecule has 0 saturated carbocycles. The molecule has 0 fully saturated rings. The van der Waals surface area contributed by atoms with Crippen LogP contribution in [0.15, 0.2) is 54.6 Å². The average molecular weight is 293 g/mol. The first-order valence-corrected chi connectivity index (χ1v) is 7.99. The number of benzene rings is 2. The van der Waals surface area contributed by atoms with Gasteiger partial charge in [0.15, 0.2) is 0 Å². The van der Waals surface area contributed by atoms with Crippen LogP contribution in [0.4, 0.5) is 0 Å². The second-order valence-corrected chi connectivity index (χ2v) is 5.70. The van der Waals surface area contributed by atoms with Gasteiger partial charge in [-0.3, -0.25) is 0 Å². The van der Waals surface area contributed by atoms with Crippen LogP contribution in [0.1, 0.15) is 49.3 Å². The summed E-state index contributed by atoms with van der Waals surface area (Å²) >= 11 is 0. The van der Waals surface area contributed by atoms with Crippen LogP contribution in [0.2, 0.25) is 0 Å². The van der Waals surface area contributed by atoms with Gasteiger partial charge < -0.3 is 5.11 Å². The van der Waals surface area contributed by atoms with Gasteiger partial charge >= 0.3 is 0 Å². The molecular weight excluding hydrogens is 270 g/mol. The predicted octanol–water partition coefficient (Wildman–Crippen LogP) is 4.57. The number of unbranched alkanes of at least 4 members (excludes halogenated alkanes) is 3. The van der Waals surface area contributed by atoms with Gasteiger partial charge in [-0.15, -0.1) is 0 Å². The summed E-state index contributed by atoms with van der Waals surface area (Å²) in [5.41, 5.74) is 0.905. The van der Waals surface area contributed by atoms with Crippen molar-refractivity contribution in [3.63, 3.8) is 0 Å². The first-order chi connectivity index (χ1) is 10.7. The lowest BCUT2D eigenvalue weighted by Crippen LogP contribution is -2.24. The number of aliphatic hydroxyl groups is 1. The minimum atomic E-state index is -1.58. The highest BCUT2D eigenvalue weighted by Gasteiger charge is 2.31. The van der Waals surface area contributed by atoms with Gasteiger partial charge in [0, 0.05) is 11.1 Å². The highest BCUT2D eigenvalue weighted by Crippen LogP contribution is 2.29. The van der Waals surface area contributed by atoms with Crippen molar-refractivity contribution in [2.24, 2.45) is 0 Å². The van der Waals surface area contributed by atoms with Crippen LogP contribution in [0, 0.1) is 11.3 Å². The Morgan fingerprint density at radius 3 is 2.14 bits per heavy atom. The second kappa shape index (κ2) is 7.77. The van der Waals surface area contributed by atoms with E-state index in [1.54, 1.807) is 12.1 Å². The largest absolute Gasteiger partial charge is 0.368 e. The summed E-state index contributed by atoms with van der Waals surface area (Å²) in [6, 6.07) is 18.9. The van der Waals surface area contributed by atoms with Crippen molar-refractivity contribution >= 4 is 0 Å². The summed E-state index contributed by atoms with van der Waals surface area (Å²) in [6.45, 7) is 2.21. The minimum absolute atomic E-state index is 0.605. The molecule has 1 N–H and O–H groups in total. The molecule has 0 unspecified atom stereocenters. The fourth-order valence-corrected chi connectivity index (χ4v) is 2.64. The molecule has 0 saturated heterocycles. The molecule has 0 amide bonds. The lowest BCUT2D eigenvalue weighted by Gasteiger charge is -2.21. The monoisotopic (exact) mass is 293 g/mol. The molecule has 114 valence electrons. The van der Waals surface area contributed by atoms with Crippen molar-refractivity contribution in [1.82, 2.24) is 0 Å². The van der Waals surface area contributed by atoms with E-state index in [9.17, 15) is 10.4 Å². The Hall–Kier alpha value is -2.11. The summed E-state index contributed by atoms with van der Waals surface area (Å²) in [5.74, 6) is 0. The molecule has 2 heteroatoms. The molecule has 2 aromatic rings. The molecule has 2 rings (SSSR count). The van der Waals surface area contributed by atoms with Crippen LogP contribution in [0.3, 0.4) is 0 Å². The van der Waals surface area contributed by atoms with E-state index in [-0.39, 0.29) is 0 Å². The van der Waals surface area contributed by atoms with E-state index in [1.165, 1.54) is 31.2 Å². The van der Waals surface area contributed by atoms with Gasteiger partial charge in [-0.25, -0.2) is 0 Å². The van der Waals surface area contributed by atoms with Gasteiger partial charge in [-0.2, -0.15) is 5.26 Å². The fourth-order valence-electron chi connectivity index (χ4n) is 2.64. The maximum absolute atomic E-state index is 10.7. The lowest BCUT2D eigenvalue weighted by atomic mass is 9.87. The third-order valence-electron chi connectivity index (χ3n) is 4.04. The van der Waals surface area contributed by atoms with E-state index in [1.807, 2.05) is 48.5 Å².